The van der Waals surface area contributed by atoms with Crippen molar-refractivity contribution in [2.24, 2.45) is 0 Å². The van der Waals surface area contributed by atoms with E-state index >= 15 is 0 Å². The summed E-state index contributed by atoms with van der Waals surface area (Å²) in [5.74, 6) is -0.0331. The molecule has 0 heterocycles. The molecule has 0 fully saturated rings. The molecule has 0 aliphatic heterocycles. The monoisotopic (exact) mass is 352 g/mol. The molecule has 0 saturated heterocycles. The van der Waals surface area contributed by atoms with Crippen LogP contribution in [0.3, 0.4) is 0 Å². The second-order valence-electron chi connectivity index (χ2n) is 4.49. The average molecular weight is 353 g/mol. The van der Waals surface area contributed by atoms with Crippen LogP contribution < -0.4 is 5.32 Å². The largest absolute Gasteiger partial charge is 0.350 e. The highest BCUT2D eigenvalue weighted by atomic mass is 35.5. The van der Waals surface area contributed by atoms with E-state index in [2.05, 4.69) is 5.32 Å². The molecule has 6 nitrogen and oxygen atoms in total. The number of nitro benzene ring substituents is 1. The molecular formula is C12H14Cl2N2O4S. The molecule has 116 valence electrons. The van der Waals surface area contributed by atoms with Crippen molar-refractivity contribution in [2.75, 3.05) is 12.0 Å². The summed E-state index contributed by atoms with van der Waals surface area (Å²) in [5.41, 5.74) is -0.364. The van der Waals surface area contributed by atoms with E-state index in [-0.39, 0.29) is 21.7 Å². The molecular weight excluding hydrogens is 339 g/mol. The Balaban J connectivity index is 2.88. The van der Waals surface area contributed by atoms with Crippen LogP contribution in [0, 0.1) is 10.1 Å². The van der Waals surface area contributed by atoms with E-state index < -0.39 is 27.3 Å². The molecule has 0 spiro atoms. The van der Waals surface area contributed by atoms with Gasteiger partial charge in [-0.05, 0) is 19.4 Å². The van der Waals surface area contributed by atoms with E-state index in [0.29, 0.717) is 12.2 Å². The van der Waals surface area contributed by atoms with Crippen molar-refractivity contribution in [3.63, 3.8) is 0 Å². The lowest BCUT2D eigenvalue weighted by Crippen LogP contribution is -2.33. The third kappa shape index (κ3) is 5.26. The van der Waals surface area contributed by atoms with E-state index in [1.165, 1.54) is 6.07 Å². The fourth-order valence-electron chi connectivity index (χ4n) is 1.56. The Labute approximate surface area is 134 Å². The Hall–Kier alpha value is -1.18. The van der Waals surface area contributed by atoms with Crippen LogP contribution >= 0.6 is 23.2 Å². The lowest BCUT2D eigenvalue weighted by Gasteiger charge is -2.13. The molecule has 1 aromatic carbocycles. The summed E-state index contributed by atoms with van der Waals surface area (Å²) in [6.07, 6.45) is 2.12. The van der Waals surface area contributed by atoms with E-state index in [0.717, 1.165) is 6.07 Å². The first-order valence-corrected chi connectivity index (χ1v) is 8.45. The number of rotatable bonds is 6. The number of nitrogens with zero attached hydrogens (tertiary/aromatic N) is 1. The third-order valence-electron chi connectivity index (χ3n) is 2.68. The summed E-state index contributed by atoms with van der Waals surface area (Å²) in [6.45, 7) is 1.76. The summed E-state index contributed by atoms with van der Waals surface area (Å²) in [5, 5.41) is 13.3. The summed E-state index contributed by atoms with van der Waals surface area (Å²) in [7, 11) is -0.941. The molecule has 2 unspecified atom stereocenters. The lowest BCUT2D eigenvalue weighted by atomic mass is 10.1. The van der Waals surface area contributed by atoms with Gasteiger partial charge in [0, 0.05) is 40.5 Å². The number of benzene rings is 1. The first-order chi connectivity index (χ1) is 9.72. The minimum atomic E-state index is -0.941. The Morgan fingerprint density at radius 1 is 1.48 bits per heavy atom. The average Bonchev–Trinajstić information content (AvgIpc) is 2.38. The molecule has 0 bridgehead atoms. The highest BCUT2D eigenvalue weighted by molar-refractivity contribution is 7.84. The number of carbonyl (C=O) groups is 1. The maximum Gasteiger partial charge on any atom is 0.290 e. The molecule has 0 aromatic heterocycles. The standard InChI is InChI=1S/C12H14Cl2N2O4S/c1-7(3-4-21(2)20)15-12(17)8-5-9(13)11(14)10(6-8)16(18)19/h5-7H,3-4H2,1-2H3,(H,15,17). The minimum Gasteiger partial charge on any atom is -0.350 e. The van der Waals surface area contributed by atoms with Gasteiger partial charge in [0.05, 0.1) is 9.95 Å². The molecule has 1 rings (SSSR count). The smallest absolute Gasteiger partial charge is 0.290 e. The number of nitrogens with one attached hydrogen (secondary N) is 1. The van der Waals surface area contributed by atoms with Crippen LogP contribution in [-0.4, -0.2) is 33.1 Å². The maximum atomic E-state index is 12.0. The van der Waals surface area contributed by atoms with Crippen molar-refractivity contribution in [3.8, 4) is 0 Å². The van der Waals surface area contributed by atoms with Crippen molar-refractivity contribution < 1.29 is 13.9 Å². The summed E-state index contributed by atoms with van der Waals surface area (Å²) >= 11 is 11.5. The van der Waals surface area contributed by atoms with Gasteiger partial charge in [0.1, 0.15) is 5.02 Å². The van der Waals surface area contributed by atoms with E-state index in [1.54, 1.807) is 13.2 Å². The molecule has 0 radical (unpaired) electrons. The van der Waals surface area contributed by atoms with Gasteiger partial charge in [-0.3, -0.25) is 19.1 Å². The van der Waals surface area contributed by atoms with Gasteiger partial charge in [-0.2, -0.15) is 0 Å². The van der Waals surface area contributed by atoms with Gasteiger partial charge in [-0.15, -0.1) is 0 Å². The molecule has 1 N–H and O–H groups in total. The number of hydrogen-bond donors (Lipinski definition) is 1. The summed E-state index contributed by atoms with van der Waals surface area (Å²) < 4.78 is 11.0. The summed E-state index contributed by atoms with van der Waals surface area (Å²) in [6, 6.07) is 2.14. The molecule has 2 atom stereocenters. The van der Waals surface area contributed by atoms with Crippen molar-refractivity contribution in [1.82, 2.24) is 5.32 Å². The number of nitro groups is 1. The molecule has 0 saturated carbocycles. The van der Waals surface area contributed by atoms with Crippen molar-refractivity contribution in [3.05, 3.63) is 37.9 Å². The zero-order valence-electron chi connectivity index (χ0n) is 11.4. The van der Waals surface area contributed by atoms with Gasteiger partial charge in [0.25, 0.3) is 11.6 Å². The van der Waals surface area contributed by atoms with Gasteiger partial charge in [0.15, 0.2) is 0 Å². The molecule has 1 amide bonds. The lowest BCUT2D eigenvalue weighted by molar-refractivity contribution is -0.384. The van der Waals surface area contributed by atoms with Crippen LogP contribution in [0.5, 0.6) is 0 Å². The molecule has 0 aliphatic rings. The van der Waals surface area contributed by atoms with Crippen LogP contribution in [-0.2, 0) is 10.8 Å². The maximum absolute atomic E-state index is 12.0. The van der Waals surface area contributed by atoms with Crippen LogP contribution in [0.25, 0.3) is 0 Å². The van der Waals surface area contributed by atoms with Gasteiger partial charge in [-0.25, -0.2) is 0 Å². The number of halogens is 2. The predicted molar refractivity (Wildman–Crippen MR) is 83.6 cm³/mol. The van der Waals surface area contributed by atoms with Crippen LogP contribution in [0.1, 0.15) is 23.7 Å². The quantitative estimate of drug-likeness (QED) is 0.629. The van der Waals surface area contributed by atoms with Gasteiger partial charge >= 0.3 is 0 Å². The number of carbonyl (C=O) groups excluding carboxylic acids is 1. The predicted octanol–water partition coefficient (Wildman–Crippen LogP) is 2.79. The van der Waals surface area contributed by atoms with E-state index in [9.17, 15) is 19.1 Å². The van der Waals surface area contributed by atoms with Gasteiger partial charge < -0.3 is 5.32 Å². The van der Waals surface area contributed by atoms with Crippen LogP contribution in [0.2, 0.25) is 10.0 Å². The second-order valence-corrected chi connectivity index (χ2v) is 6.83. The van der Waals surface area contributed by atoms with Gasteiger partial charge in [-0.1, -0.05) is 23.2 Å². The Morgan fingerprint density at radius 3 is 2.62 bits per heavy atom. The SMILES string of the molecule is CC(CCS(C)=O)NC(=O)c1cc(Cl)c(Cl)c([N+](=O)[O-])c1. The fourth-order valence-corrected chi connectivity index (χ4v) is 2.64. The number of amides is 1. The summed E-state index contributed by atoms with van der Waals surface area (Å²) in [4.78, 5) is 22.2. The second kappa shape index (κ2) is 7.72. The molecule has 0 aliphatic carbocycles. The third-order valence-corrected chi connectivity index (χ3v) is 4.29. The van der Waals surface area contributed by atoms with Crippen molar-refractivity contribution in [2.45, 2.75) is 19.4 Å². The van der Waals surface area contributed by atoms with Gasteiger partial charge in [0.2, 0.25) is 0 Å². The van der Waals surface area contributed by atoms with Crippen molar-refractivity contribution in [1.29, 1.82) is 0 Å². The van der Waals surface area contributed by atoms with Crippen LogP contribution in [0.15, 0.2) is 12.1 Å². The highest BCUT2D eigenvalue weighted by Crippen LogP contribution is 2.33. The molecule has 21 heavy (non-hydrogen) atoms. The Kier molecular flexibility index (Phi) is 6.57. The normalized spacial score (nSPS) is 13.5. The Bertz CT molecular complexity index is 595. The highest BCUT2D eigenvalue weighted by Gasteiger charge is 2.20. The zero-order chi connectivity index (χ0) is 16.2. The molecule has 9 heteroatoms. The van der Waals surface area contributed by atoms with E-state index in [4.69, 9.17) is 23.2 Å². The first-order valence-electron chi connectivity index (χ1n) is 5.96. The topological polar surface area (TPSA) is 89.3 Å². The Morgan fingerprint density at radius 2 is 2.10 bits per heavy atom. The zero-order valence-corrected chi connectivity index (χ0v) is 13.7. The fraction of sp³-hybridized carbons (Fsp3) is 0.417. The number of hydrogen-bond acceptors (Lipinski definition) is 4. The molecule has 1 aromatic rings. The van der Waals surface area contributed by atoms with E-state index in [1.807, 2.05) is 0 Å². The minimum absolute atomic E-state index is 0.0561. The van der Waals surface area contributed by atoms with Crippen LogP contribution in [0.4, 0.5) is 5.69 Å². The first kappa shape index (κ1) is 17.9. The van der Waals surface area contributed by atoms with Crippen molar-refractivity contribution >= 4 is 45.6 Å².